The number of hydrogen-bond acceptors (Lipinski definition) is 0. The molecular weight excluding hydrogens is 168 g/mol. The molecule has 0 N–H and O–H groups in total. The Kier molecular flexibility index (Phi) is 9.13. The highest BCUT2D eigenvalue weighted by Crippen LogP contribution is 2.24. The van der Waals surface area contributed by atoms with E-state index in [0.717, 1.165) is 11.8 Å². The molecule has 0 amide bonds. The predicted molar refractivity (Wildman–Crippen MR) is 66.5 cm³/mol. The summed E-state index contributed by atoms with van der Waals surface area (Å²) in [6, 6.07) is 0. The average Bonchev–Trinajstić information content (AvgIpc) is 2.16. The molecule has 1 atom stereocenters. The van der Waals surface area contributed by atoms with Crippen LogP contribution in [0.15, 0.2) is 12.7 Å². The summed E-state index contributed by atoms with van der Waals surface area (Å²) in [4.78, 5) is 0. The molecule has 84 valence electrons. The molecule has 0 saturated carbocycles. The number of unbranched alkanes of at least 4 members (excludes halogenated alkanes) is 3. The van der Waals surface area contributed by atoms with E-state index < -0.39 is 0 Å². The van der Waals surface area contributed by atoms with Gasteiger partial charge in [-0.3, -0.25) is 0 Å². The summed E-state index contributed by atoms with van der Waals surface area (Å²) < 4.78 is 0. The van der Waals surface area contributed by atoms with Gasteiger partial charge < -0.3 is 0 Å². The Bertz CT molecular complexity index is 124. The molecule has 0 aromatic heterocycles. The maximum Gasteiger partial charge on any atom is -0.0353 e. The normalized spacial score (nSPS) is 13.1. The third kappa shape index (κ3) is 7.17. The summed E-state index contributed by atoms with van der Waals surface area (Å²) >= 11 is 0. The van der Waals surface area contributed by atoms with Gasteiger partial charge in [-0.2, -0.15) is 0 Å². The van der Waals surface area contributed by atoms with Gasteiger partial charge in [0.2, 0.25) is 0 Å². The zero-order valence-corrected chi connectivity index (χ0v) is 10.4. The van der Waals surface area contributed by atoms with Crippen molar-refractivity contribution in [3.05, 3.63) is 12.7 Å². The lowest BCUT2D eigenvalue weighted by Crippen LogP contribution is -2.08. The fourth-order valence-electron chi connectivity index (χ4n) is 1.97. The van der Waals surface area contributed by atoms with Gasteiger partial charge in [-0.05, 0) is 24.7 Å². The minimum atomic E-state index is 0.866. The maximum atomic E-state index is 3.76. The Labute approximate surface area is 90.8 Å². The van der Waals surface area contributed by atoms with E-state index in [1.807, 2.05) is 6.08 Å². The van der Waals surface area contributed by atoms with Crippen LogP contribution >= 0.6 is 0 Å². The molecule has 1 unspecified atom stereocenters. The van der Waals surface area contributed by atoms with Crippen LogP contribution < -0.4 is 0 Å². The quantitative estimate of drug-likeness (QED) is 0.351. The Balaban J connectivity index is 3.56. The van der Waals surface area contributed by atoms with Crippen molar-refractivity contribution >= 4 is 0 Å². The monoisotopic (exact) mass is 196 g/mol. The molecule has 0 spiro atoms. The second kappa shape index (κ2) is 9.30. The summed E-state index contributed by atoms with van der Waals surface area (Å²) in [5.41, 5.74) is 0. The van der Waals surface area contributed by atoms with E-state index in [1.165, 1.54) is 44.9 Å². The standard InChI is InChI=1S/C14H28/c1-5-7-9-10-12-14(13(3)4)11-8-6-2/h5,13-14H,1,6-12H2,2-4H3. The van der Waals surface area contributed by atoms with Gasteiger partial charge in [0.15, 0.2) is 0 Å². The average molecular weight is 196 g/mol. The highest BCUT2D eigenvalue weighted by atomic mass is 14.2. The van der Waals surface area contributed by atoms with E-state index >= 15 is 0 Å². The first-order valence-corrected chi connectivity index (χ1v) is 6.33. The van der Waals surface area contributed by atoms with Crippen LogP contribution in [0, 0.1) is 11.8 Å². The van der Waals surface area contributed by atoms with Crippen molar-refractivity contribution < 1.29 is 0 Å². The first-order chi connectivity index (χ1) is 6.72. The molecule has 0 aromatic rings. The van der Waals surface area contributed by atoms with Crippen molar-refractivity contribution in [3.8, 4) is 0 Å². The van der Waals surface area contributed by atoms with Gasteiger partial charge in [-0.1, -0.05) is 59.0 Å². The molecule has 0 fully saturated rings. The molecule has 0 heteroatoms. The van der Waals surface area contributed by atoms with Gasteiger partial charge in [-0.25, -0.2) is 0 Å². The van der Waals surface area contributed by atoms with Crippen molar-refractivity contribution in [3.63, 3.8) is 0 Å². The van der Waals surface area contributed by atoms with Crippen LogP contribution in [0.1, 0.15) is 65.7 Å². The van der Waals surface area contributed by atoms with E-state index in [-0.39, 0.29) is 0 Å². The van der Waals surface area contributed by atoms with Gasteiger partial charge in [0.1, 0.15) is 0 Å². The molecule has 0 heterocycles. The third-order valence-electron chi connectivity index (χ3n) is 3.10. The van der Waals surface area contributed by atoms with Gasteiger partial charge in [0, 0.05) is 0 Å². The maximum absolute atomic E-state index is 3.76. The fourth-order valence-corrected chi connectivity index (χ4v) is 1.97. The second-order valence-corrected chi connectivity index (χ2v) is 4.72. The predicted octanol–water partition coefficient (Wildman–Crippen LogP) is 5.20. The lowest BCUT2D eigenvalue weighted by atomic mass is 9.86. The molecule has 0 aliphatic rings. The Morgan fingerprint density at radius 2 is 1.71 bits per heavy atom. The molecule has 0 rings (SSSR count). The zero-order valence-electron chi connectivity index (χ0n) is 10.4. The van der Waals surface area contributed by atoms with Crippen LogP contribution in [0.5, 0.6) is 0 Å². The van der Waals surface area contributed by atoms with Gasteiger partial charge in [0.05, 0.1) is 0 Å². The van der Waals surface area contributed by atoms with Gasteiger partial charge in [0.25, 0.3) is 0 Å². The van der Waals surface area contributed by atoms with Gasteiger partial charge >= 0.3 is 0 Å². The Morgan fingerprint density at radius 3 is 2.21 bits per heavy atom. The van der Waals surface area contributed by atoms with Crippen molar-refractivity contribution in [2.24, 2.45) is 11.8 Å². The molecule has 0 bridgehead atoms. The van der Waals surface area contributed by atoms with Crippen LogP contribution in [0.3, 0.4) is 0 Å². The zero-order chi connectivity index (χ0) is 10.8. The van der Waals surface area contributed by atoms with Crippen LogP contribution in [-0.4, -0.2) is 0 Å². The molecule has 0 radical (unpaired) electrons. The largest absolute Gasteiger partial charge is 0.103 e. The van der Waals surface area contributed by atoms with E-state index in [0.29, 0.717) is 0 Å². The number of allylic oxidation sites excluding steroid dienone is 1. The first kappa shape index (κ1) is 13.7. The van der Waals surface area contributed by atoms with Crippen molar-refractivity contribution in [2.75, 3.05) is 0 Å². The summed E-state index contributed by atoms with van der Waals surface area (Å²) in [5.74, 6) is 1.82. The topological polar surface area (TPSA) is 0 Å². The summed E-state index contributed by atoms with van der Waals surface area (Å²) in [6.45, 7) is 10.8. The number of rotatable bonds is 9. The van der Waals surface area contributed by atoms with Crippen LogP contribution in [-0.2, 0) is 0 Å². The molecule has 0 aliphatic heterocycles. The van der Waals surface area contributed by atoms with Crippen LogP contribution in [0.4, 0.5) is 0 Å². The van der Waals surface area contributed by atoms with Crippen molar-refractivity contribution in [2.45, 2.75) is 65.7 Å². The van der Waals surface area contributed by atoms with E-state index in [9.17, 15) is 0 Å². The molecule has 0 aromatic carbocycles. The van der Waals surface area contributed by atoms with E-state index in [1.54, 1.807) is 0 Å². The second-order valence-electron chi connectivity index (χ2n) is 4.72. The molecule has 0 aliphatic carbocycles. The fraction of sp³-hybridized carbons (Fsp3) is 0.857. The van der Waals surface area contributed by atoms with E-state index in [4.69, 9.17) is 0 Å². The van der Waals surface area contributed by atoms with Crippen molar-refractivity contribution in [1.82, 2.24) is 0 Å². The molecule has 0 saturated heterocycles. The van der Waals surface area contributed by atoms with E-state index in [2.05, 4.69) is 27.4 Å². The summed E-state index contributed by atoms with van der Waals surface area (Å²) in [6.07, 6.45) is 11.6. The smallest absolute Gasteiger partial charge is 0.0353 e. The van der Waals surface area contributed by atoms with Gasteiger partial charge in [-0.15, -0.1) is 6.58 Å². The SMILES string of the molecule is C=CCCCCC(CCCC)C(C)C. The molecule has 14 heavy (non-hydrogen) atoms. The highest BCUT2D eigenvalue weighted by molar-refractivity contribution is 4.68. The van der Waals surface area contributed by atoms with Crippen LogP contribution in [0.25, 0.3) is 0 Å². The lowest BCUT2D eigenvalue weighted by Gasteiger charge is -2.20. The minimum Gasteiger partial charge on any atom is -0.103 e. The third-order valence-corrected chi connectivity index (χ3v) is 3.10. The Hall–Kier alpha value is -0.260. The van der Waals surface area contributed by atoms with Crippen LogP contribution in [0.2, 0.25) is 0 Å². The lowest BCUT2D eigenvalue weighted by molar-refractivity contribution is 0.318. The molecule has 0 nitrogen and oxygen atoms in total. The highest BCUT2D eigenvalue weighted by Gasteiger charge is 2.11. The molecular formula is C14H28. The van der Waals surface area contributed by atoms with Crippen molar-refractivity contribution in [1.29, 1.82) is 0 Å². The number of hydrogen-bond donors (Lipinski definition) is 0. The first-order valence-electron chi connectivity index (χ1n) is 6.33. The summed E-state index contributed by atoms with van der Waals surface area (Å²) in [5, 5.41) is 0. The Morgan fingerprint density at radius 1 is 1.07 bits per heavy atom. The summed E-state index contributed by atoms with van der Waals surface area (Å²) in [7, 11) is 0. The minimum absolute atomic E-state index is 0.866.